The molecule has 0 radical (unpaired) electrons. The van der Waals surface area contributed by atoms with Crippen LogP contribution < -0.4 is 5.32 Å². The minimum absolute atomic E-state index is 0.0921. The molecular formula is C32H53N5O3. The van der Waals surface area contributed by atoms with Crippen molar-refractivity contribution in [1.29, 1.82) is 0 Å². The molecule has 3 rings (SSSR count). The third-order valence-electron chi connectivity index (χ3n) is 7.69. The van der Waals surface area contributed by atoms with Crippen molar-refractivity contribution in [2.24, 2.45) is 11.8 Å². The number of nitrogens with one attached hydrogen (secondary N) is 1. The summed E-state index contributed by atoms with van der Waals surface area (Å²) in [5.41, 5.74) is 2.53. The van der Waals surface area contributed by atoms with Gasteiger partial charge in [-0.05, 0) is 95.6 Å². The Labute approximate surface area is 241 Å². The van der Waals surface area contributed by atoms with Crippen molar-refractivity contribution in [3.05, 3.63) is 23.8 Å². The Balaban J connectivity index is 1.86. The van der Waals surface area contributed by atoms with Crippen LogP contribution in [0.3, 0.4) is 0 Å². The second-order valence-electron chi connectivity index (χ2n) is 12.3. The molecule has 1 aliphatic heterocycles. The van der Waals surface area contributed by atoms with Crippen LogP contribution in [0.4, 0.5) is 5.95 Å². The predicted octanol–water partition coefficient (Wildman–Crippen LogP) is 6.20. The van der Waals surface area contributed by atoms with E-state index in [0.29, 0.717) is 24.0 Å². The summed E-state index contributed by atoms with van der Waals surface area (Å²) in [6, 6.07) is 5.78. The normalized spacial score (nSPS) is 15.1. The summed E-state index contributed by atoms with van der Waals surface area (Å²) in [6.07, 6.45) is 7.15. The van der Waals surface area contributed by atoms with Crippen LogP contribution in [-0.4, -0.2) is 76.6 Å². The average molecular weight is 556 g/mol. The minimum atomic E-state index is -0.217. The van der Waals surface area contributed by atoms with E-state index in [1.807, 2.05) is 36.9 Å². The number of piperidine rings is 1. The summed E-state index contributed by atoms with van der Waals surface area (Å²) < 4.78 is 7.35. The first-order valence-electron chi connectivity index (χ1n) is 15.6. The first kappa shape index (κ1) is 31.9. The van der Waals surface area contributed by atoms with Crippen molar-refractivity contribution in [2.75, 3.05) is 44.6 Å². The number of ether oxygens (including phenoxy) is 1. The van der Waals surface area contributed by atoms with Crippen LogP contribution in [0.25, 0.3) is 11.0 Å². The number of carbonyl (C=O) groups is 2. The lowest BCUT2D eigenvalue weighted by Crippen LogP contribution is -2.34. The predicted molar refractivity (Wildman–Crippen MR) is 164 cm³/mol. The molecule has 2 aromatic rings. The van der Waals surface area contributed by atoms with Gasteiger partial charge in [0.15, 0.2) is 0 Å². The molecule has 1 saturated heterocycles. The standard InChI is InChI=1S/C32H53N5O3/c1-7-40-30(38)22-26(6)33-32-34-28-13-12-27(31(39)36(20-14-24(2)3)21-15-25(4)5)23-29(28)37(32)19-11-18-35-16-9-8-10-17-35/h12-13,23-26H,7-11,14-22H2,1-6H3,(H,33,34). The zero-order valence-corrected chi connectivity index (χ0v) is 25.9. The number of hydrogen-bond donors (Lipinski definition) is 1. The third-order valence-corrected chi connectivity index (χ3v) is 7.69. The number of aromatic nitrogens is 2. The van der Waals surface area contributed by atoms with Gasteiger partial charge in [0.2, 0.25) is 5.95 Å². The molecule has 0 saturated carbocycles. The van der Waals surface area contributed by atoms with Gasteiger partial charge in [-0.25, -0.2) is 4.98 Å². The van der Waals surface area contributed by atoms with E-state index >= 15 is 0 Å². The Morgan fingerprint density at radius 1 is 1.00 bits per heavy atom. The number of rotatable bonds is 16. The largest absolute Gasteiger partial charge is 0.466 e. The van der Waals surface area contributed by atoms with Crippen LogP contribution in [-0.2, 0) is 16.1 Å². The number of hydrogen-bond acceptors (Lipinski definition) is 6. The van der Waals surface area contributed by atoms with E-state index in [9.17, 15) is 9.59 Å². The SMILES string of the molecule is CCOC(=O)CC(C)Nc1nc2ccc(C(=O)N(CCC(C)C)CCC(C)C)cc2n1CCCN1CCCCC1. The lowest BCUT2D eigenvalue weighted by molar-refractivity contribution is -0.143. The minimum Gasteiger partial charge on any atom is -0.466 e. The Morgan fingerprint density at radius 2 is 1.68 bits per heavy atom. The maximum absolute atomic E-state index is 13.7. The van der Waals surface area contributed by atoms with Crippen LogP contribution in [0.5, 0.6) is 0 Å². The van der Waals surface area contributed by atoms with Gasteiger partial charge in [-0.15, -0.1) is 0 Å². The summed E-state index contributed by atoms with van der Waals surface area (Å²) in [6.45, 7) is 18.7. The van der Waals surface area contributed by atoms with Crippen LogP contribution in [0.2, 0.25) is 0 Å². The molecule has 1 aromatic heterocycles. The number of nitrogens with zero attached hydrogens (tertiary/aromatic N) is 4. The maximum atomic E-state index is 13.7. The molecule has 1 aromatic carbocycles. The van der Waals surface area contributed by atoms with Crippen molar-refractivity contribution in [2.45, 2.75) is 99.1 Å². The number of amides is 1. The fourth-order valence-corrected chi connectivity index (χ4v) is 5.29. The van der Waals surface area contributed by atoms with Gasteiger partial charge in [0.1, 0.15) is 0 Å². The number of likely N-dealkylation sites (tertiary alicyclic amines) is 1. The summed E-state index contributed by atoms with van der Waals surface area (Å²) in [7, 11) is 0. The number of benzene rings is 1. The Morgan fingerprint density at radius 3 is 2.30 bits per heavy atom. The first-order valence-corrected chi connectivity index (χ1v) is 15.6. The monoisotopic (exact) mass is 555 g/mol. The second kappa shape index (κ2) is 16.0. The van der Waals surface area contributed by atoms with Gasteiger partial charge in [0.05, 0.1) is 24.1 Å². The maximum Gasteiger partial charge on any atom is 0.307 e. The smallest absolute Gasteiger partial charge is 0.307 e. The molecule has 8 nitrogen and oxygen atoms in total. The van der Waals surface area contributed by atoms with E-state index in [1.54, 1.807) is 0 Å². The molecule has 2 heterocycles. The lowest BCUT2D eigenvalue weighted by Gasteiger charge is -2.26. The second-order valence-corrected chi connectivity index (χ2v) is 12.3. The summed E-state index contributed by atoms with van der Waals surface area (Å²) >= 11 is 0. The number of fused-ring (bicyclic) bond motifs is 1. The summed E-state index contributed by atoms with van der Waals surface area (Å²) in [5.74, 6) is 1.71. The van der Waals surface area contributed by atoms with Gasteiger partial charge in [-0.3, -0.25) is 9.59 Å². The zero-order valence-electron chi connectivity index (χ0n) is 25.9. The highest BCUT2D eigenvalue weighted by Gasteiger charge is 2.21. The molecule has 0 spiro atoms. The number of carbonyl (C=O) groups excluding carboxylic acids is 2. The fourth-order valence-electron chi connectivity index (χ4n) is 5.29. The van der Waals surface area contributed by atoms with Gasteiger partial charge in [-0.1, -0.05) is 34.1 Å². The quantitative estimate of drug-likeness (QED) is 0.249. The van der Waals surface area contributed by atoms with Crippen molar-refractivity contribution in [3.63, 3.8) is 0 Å². The molecule has 1 amide bonds. The van der Waals surface area contributed by atoms with Gasteiger partial charge < -0.3 is 24.4 Å². The Bertz CT molecular complexity index is 1060. The van der Waals surface area contributed by atoms with E-state index in [2.05, 4.69) is 42.5 Å². The van der Waals surface area contributed by atoms with E-state index in [1.165, 1.54) is 32.4 Å². The Kier molecular flexibility index (Phi) is 12.8. The zero-order chi connectivity index (χ0) is 29.1. The van der Waals surface area contributed by atoms with Crippen LogP contribution in [0.15, 0.2) is 18.2 Å². The van der Waals surface area contributed by atoms with E-state index in [4.69, 9.17) is 9.72 Å². The average Bonchev–Trinajstić information content (AvgIpc) is 3.24. The molecule has 0 bridgehead atoms. The Hall–Kier alpha value is -2.61. The number of esters is 1. The van der Waals surface area contributed by atoms with Gasteiger partial charge in [0.25, 0.3) is 5.91 Å². The molecule has 1 unspecified atom stereocenters. The molecule has 40 heavy (non-hydrogen) atoms. The third kappa shape index (κ3) is 9.79. The molecule has 224 valence electrons. The van der Waals surface area contributed by atoms with Crippen LogP contribution in [0, 0.1) is 11.8 Å². The van der Waals surface area contributed by atoms with Crippen molar-refractivity contribution >= 4 is 28.9 Å². The van der Waals surface area contributed by atoms with E-state index in [-0.39, 0.29) is 24.3 Å². The number of imidazole rings is 1. The highest BCUT2D eigenvalue weighted by molar-refractivity contribution is 5.97. The molecule has 1 fully saturated rings. The molecule has 1 atom stereocenters. The van der Waals surface area contributed by atoms with Crippen molar-refractivity contribution in [1.82, 2.24) is 19.4 Å². The fraction of sp³-hybridized carbons (Fsp3) is 0.719. The molecule has 8 heteroatoms. The summed E-state index contributed by atoms with van der Waals surface area (Å²) in [4.78, 5) is 35.3. The van der Waals surface area contributed by atoms with Crippen molar-refractivity contribution < 1.29 is 14.3 Å². The summed E-state index contributed by atoms with van der Waals surface area (Å²) in [5, 5.41) is 3.46. The molecule has 1 aliphatic rings. The van der Waals surface area contributed by atoms with Crippen molar-refractivity contribution in [3.8, 4) is 0 Å². The van der Waals surface area contributed by atoms with E-state index in [0.717, 1.165) is 62.4 Å². The van der Waals surface area contributed by atoms with Gasteiger partial charge in [0, 0.05) is 31.2 Å². The highest BCUT2D eigenvalue weighted by atomic mass is 16.5. The van der Waals surface area contributed by atoms with Crippen LogP contribution in [0.1, 0.15) is 96.8 Å². The highest BCUT2D eigenvalue weighted by Crippen LogP contribution is 2.24. The van der Waals surface area contributed by atoms with Crippen LogP contribution >= 0.6 is 0 Å². The number of aryl methyl sites for hydroxylation is 1. The number of anilines is 1. The van der Waals surface area contributed by atoms with Gasteiger partial charge in [-0.2, -0.15) is 0 Å². The molecular weight excluding hydrogens is 502 g/mol. The van der Waals surface area contributed by atoms with Gasteiger partial charge >= 0.3 is 5.97 Å². The van der Waals surface area contributed by atoms with E-state index < -0.39 is 0 Å². The topological polar surface area (TPSA) is 79.7 Å². The first-order chi connectivity index (χ1) is 19.2. The molecule has 1 N–H and O–H groups in total. The molecule has 0 aliphatic carbocycles. The lowest BCUT2D eigenvalue weighted by atomic mass is 10.1.